The summed E-state index contributed by atoms with van der Waals surface area (Å²) in [4.78, 5) is 3.99. The van der Waals surface area contributed by atoms with E-state index in [1.54, 1.807) is 19.1 Å². The molecular weight excluding hydrogens is 334 g/mol. The molecule has 0 saturated carbocycles. The molecule has 2 rings (SSSR count). The molecule has 1 atom stereocenters. The first-order chi connectivity index (χ1) is 8.90. The summed E-state index contributed by atoms with van der Waals surface area (Å²) >= 11 is 3.19. The van der Waals surface area contributed by atoms with Crippen LogP contribution in [0.3, 0.4) is 0 Å². The normalized spacial score (nSPS) is 13.4. The second-order valence-electron chi connectivity index (χ2n) is 3.90. The van der Waals surface area contributed by atoms with Gasteiger partial charge in [-0.2, -0.15) is 5.10 Å². The van der Waals surface area contributed by atoms with Gasteiger partial charge in [0.05, 0.1) is 10.9 Å². The van der Waals surface area contributed by atoms with E-state index in [9.17, 15) is 8.42 Å². The van der Waals surface area contributed by atoms with Crippen LogP contribution >= 0.6 is 15.9 Å². The van der Waals surface area contributed by atoms with Crippen molar-refractivity contribution in [3.63, 3.8) is 0 Å². The molecule has 0 aliphatic carbocycles. The number of aromatic nitrogens is 3. The van der Waals surface area contributed by atoms with Crippen molar-refractivity contribution in [3.8, 4) is 0 Å². The third-order valence-corrected chi connectivity index (χ3v) is 4.96. The van der Waals surface area contributed by atoms with Crippen LogP contribution in [0.1, 0.15) is 18.8 Å². The first kappa shape index (κ1) is 14.0. The van der Waals surface area contributed by atoms with Crippen LogP contribution in [0.5, 0.6) is 0 Å². The van der Waals surface area contributed by atoms with Crippen molar-refractivity contribution in [3.05, 3.63) is 34.8 Å². The maximum absolute atomic E-state index is 12.3. The molecule has 2 aromatic rings. The summed E-state index contributed by atoms with van der Waals surface area (Å²) in [6, 6.07) is 4.06. The summed E-state index contributed by atoms with van der Waals surface area (Å²) < 4.78 is 27.4. The average Bonchev–Trinajstić information content (AvgIpc) is 2.85. The minimum Gasteiger partial charge on any atom is -0.399 e. The van der Waals surface area contributed by atoms with Crippen LogP contribution in [0.25, 0.3) is 0 Å². The Labute approximate surface area is 118 Å². The van der Waals surface area contributed by atoms with Crippen LogP contribution in [0.2, 0.25) is 0 Å². The fourth-order valence-corrected chi connectivity index (χ4v) is 3.71. The smallest absolute Gasteiger partial charge is 0.242 e. The van der Waals surface area contributed by atoms with Crippen molar-refractivity contribution in [2.45, 2.75) is 17.9 Å². The molecule has 0 radical (unpaired) electrons. The summed E-state index contributed by atoms with van der Waals surface area (Å²) in [6.07, 6.45) is 1.32. The maximum atomic E-state index is 12.3. The van der Waals surface area contributed by atoms with Gasteiger partial charge in [-0.1, -0.05) is 0 Å². The third kappa shape index (κ3) is 3.11. The van der Waals surface area contributed by atoms with Gasteiger partial charge in [0.1, 0.15) is 12.2 Å². The van der Waals surface area contributed by atoms with Crippen LogP contribution in [0, 0.1) is 0 Å². The zero-order valence-electron chi connectivity index (χ0n) is 9.96. The summed E-state index contributed by atoms with van der Waals surface area (Å²) in [5, 5.41) is 6.29. The maximum Gasteiger partial charge on any atom is 0.242 e. The lowest BCUT2D eigenvalue weighted by atomic mass is 10.3. The topological polar surface area (TPSA) is 114 Å². The molecule has 0 fully saturated rings. The van der Waals surface area contributed by atoms with Gasteiger partial charge in [0.15, 0.2) is 0 Å². The van der Waals surface area contributed by atoms with Gasteiger partial charge in [0, 0.05) is 10.2 Å². The van der Waals surface area contributed by atoms with E-state index in [0.717, 1.165) is 0 Å². The number of H-pyrrole nitrogens is 1. The summed E-state index contributed by atoms with van der Waals surface area (Å²) in [6.45, 7) is 1.66. The highest BCUT2D eigenvalue weighted by Crippen LogP contribution is 2.25. The number of anilines is 1. The number of sulfonamides is 1. The van der Waals surface area contributed by atoms with E-state index in [-0.39, 0.29) is 4.90 Å². The van der Waals surface area contributed by atoms with Gasteiger partial charge >= 0.3 is 0 Å². The van der Waals surface area contributed by atoms with E-state index >= 15 is 0 Å². The van der Waals surface area contributed by atoms with E-state index in [2.05, 4.69) is 35.8 Å². The Kier molecular flexibility index (Phi) is 3.88. The van der Waals surface area contributed by atoms with Crippen molar-refractivity contribution in [2.75, 3.05) is 5.73 Å². The van der Waals surface area contributed by atoms with Crippen molar-refractivity contribution < 1.29 is 8.42 Å². The van der Waals surface area contributed by atoms with Gasteiger partial charge in [0.2, 0.25) is 10.0 Å². The molecule has 1 aromatic heterocycles. The van der Waals surface area contributed by atoms with E-state index in [0.29, 0.717) is 16.0 Å². The molecule has 4 N–H and O–H groups in total. The molecule has 0 amide bonds. The Morgan fingerprint density at radius 2 is 2.21 bits per heavy atom. The van der Waals surface area contributed by atoms with E-state index in [4.69, 9.17) is 5.73 Å². The highest BCUT2D eigenvalue weighted by atomic mass is 79.9. The summed E-state index contributed by atoms with van der Waals surface area (Å²) in [7, 11) is -3.70. The minimum atomic E-state index is -3.70. The molecule has 9 heteroatoms. The van der Waals surface area contributed by atoms with Gasteiger partial charge in [-0.15, -0.1) is 0 Å². The lowest BCUT2D eigenvalue weighted by molar-refractivity contribution is 0.560. The average molecular weight is 346 g/mol. The lowest BCUT2D eigenvalue weighted by Gasteiger charge is -2.13. The Bertz CT molecular complexity index is 671. The summed E-state index contributed by atoms with van der Waals surface area (Å²) in [5.74, 6) is 0.434. The Morgan fingerprint density at radius 3 is 2.84 bits per heavy atom. The van der Waals surface area contributed by atoms with Crippen molar-refractivity contribution in [2.24, 2.45) is 0 Å². The quantitative estimate of drug-likeness (QED) is 0.720. The molecule has 1 unspecified atom stereocenters. The number of aromatic amines is 1. The zero-order valence-corrected chi connectivity index (χ0v) is 12.4. The van der Waals surface area contributed by atoms with Crippen molar-refractivity contribution in [1.29, 1.82) is 0 Å². The van der Waals surface area contributed by atoms with Crippen molar-refractivity contribution in [1.82, 2.24) is 19.9 Å². The predicted molar refractivity (Wildman–Crippen MR) is 73.7 cm³/mol. The standard InChI is InChI=1S/C10H12BrN5O2S/c1-6(10-13-5-14-15-10)16-19(17,18)9-4-7(12)2-3-8(9)11/h2-6,16H,12H2,1H3,(H,13,14,15). The van der Waals surface area contributed by atoms with Gasteiger partial charge < -0.3 is 5.73 Å². The van der Waals surface area contributed by atoms with Crippen LogP contribution in [-0.4, -0.2) is 23.6 Å². The van der Waals surface area contributed by atoms with Gasteiger partial charge in [0.25, 0.3) is 0 Å². The Hall–Kier alpha value is -1.45. The first-order valence-corrected chi connectivity index (χ1v) is 7.60. The highest BCUT2D eigenvalue weighted by molar-refractivity contribution is 9.10. The number of nitrogens with one attached hydrogen (secondary N) is 2. The van der Waals surface area contributed by atoms with Gasteiger partial charge in [-0.3, -0.25) is 5.10 Å². The molecule has 0 spiro atoms. The number of nitrogens with two attached hydrogens (primary N) is 1. The fourth-order valence-electron chi connectivity index (χ4n) is 1.50. The van der Waals surface area contributed by atoms with E-state index < -0.39 is 16.1 Å². The monoisotopic (exact) mass is 345 g/mol. The molecule has 19 heavy (non-hydrogen) atoms. The third-order valence-electron chi connectivity index (χ3n) is 2.42. The second kappa shape index (κ2) is 5.27. The van der Waals surface area contributed by atoms with Crippen LogP contribution in [0.15, 0.2) is 33.9 Å². The molecule has 1 aromatic carbocycles. The predicted octanol–water partition coefficient (Wildman–Crippen LogP) is 1.19. The van der Waals surface area contributed by atoms with E-state index in [1.165, 1.54) is 12.4 Å². The number of rotatable bonds is 4. The fraction of sp³-hybridized carbons (Fsp3) is 0.200. The highest BCUT2D eigenvalue weighted by Gasteiger charge is 2.22. The number of nitrogens with zero attached hydrogens (tertiary/aromatic N) is 2. The number of hydrogen-bond donors (Lipinski definition) is 3. The SMILES string of the molecule is CC(NS(=O)(=O)c1cc(N)ccc1Br)c1ncn[nH]1. The Balaban J connectivity index is 2.30. The van der Waals surface area contributed by atoms with Crippen molar-refractivity contribution >= 4 is 31.6 Å². The largest absolute Gasteiger partial charge is 0.399 e. The molecule has 1 heterocycles. The summed E-state index contributed by atoms with van der Waals surface area (Å²) in [5.41, 5.74) is 5.98. The number of hydrogen-bond acceptors (Lipinski definition) is 5. The molecule has 0 bridgehead atoms. The molecule has 7 nitrogen and oxygen atoms in total. The molecular formula is C10H12BrN5O2S. The van der Waals surface area contributed by atoms with Crippen LogP contribution < -0.4 is 10.5 Å². The number of benzene rings is 1. The molecule has 0 saturated heterocycles. The van der Waals surface area contributed by atoms with Crippen LogP contribution in [0.4, 0.5) is 5.69 Å². The second-order valence-corrected chi connectivity index (χ2v) is 6.44. The number of halogens is 1. The molecule has 102 valence electrons. The van der Waals surface area contributed by atoms with Gasteiger partial charge in [-0.25, -0.2) is 18.1 Å². The first-order valence-electron chi connectivity index (χ1n) is 5.33. The lowest BCUT2D eigenvalue weighted by Crippen LogP contribution is -2.28. The molecule has 0 aliphatic rings. The minimum absolute atomic E-state index is 0.0823. The Morgan fingerprint density at radius 1 is 1.47 bits per heavy atom. The molecule has 0 aliphatic heterocycles. The van der Waals surface area contributed by atoms with Crippen LogP contribution in [-0.2, 0) is 10.0 Å². The van der Waals surface area contributed by atoms with Gasteiger partial charge in [-0.05, 0) is 41.1 Å². The van der Waals surface area contributed by atoms with E-state index in [1.807, 2.05) is 0 Å². The number of nitrogen functional groups attached to an aromatic ring is 1. The zero-order chi connectivity index (χ0) is 14.0.